The number of aromatic hydroxyl groups is 1. The van der Waals surface area contributed by atoms with E-state index in [1.54, 1.807) is 12.1 Å². The second kappa shape index (κ2) is 3.38. The number of ether oxygens (including phenoxy) is 1. The molecule has 0 saturated carbocycles. The molecule has 0 amide bonds. The zero-order valence-electron chi connectivity index (χ0n) is 7.78. The molecule has 4 heteroatoms. The first-order chi connectivity index (χ1) is 6.72. The maximum absolute atomic E-state index is 9.36. The summed E-state index contributed by atoms with van der Waals surface area (Å²) in [6.45, 7) is 2.48. The molecule has 0 unspecified atom stereocenters. The van der Waals surface area contributed by atoms with Crippen LogP contribution >= 0.6 is 11.3 Å². The Bertz CT molecular complexity index is 464. The van der Waals surface area contributed by atoms with Gasteiger partial charge in [0.25, 0.3) is 0 Å². The van der Waals surface area contributed by atoms with Gasteiger partial charge in [0.1, 0.15) is 0 Å². The number of nitrogen functional groups attached to an aromatic ring is 1. The van der Waals surface area contributed by atoms with Crippen LogP contribution in [-0.2, 0) is 0 Å². The Morgan fingerprint density at radius 3 is 3.00 bits per heavy atom. The summed E-state index contributed by atoms with van der Waals surface area (Å²) in [6, 6.07) is 5.36. The summed E-state index contributed by atoms with van der Waals surface area (Å²) in [5, 5.41) is 10.5. The van der Waals surface area contributed by atoms with Gasteiger partial charge in [-0.15, -0.1) is 0 Å². The van der Waals surface area contributed by atoms with Crippen molar-refractivity contribution in [2.45, 2.75) is 6.92 Å². The first-order valence-electron chi connectivity index (χ1n) is 4.36. The topological polar surface area (TPSA) is 55.5 Å². The van der Waals surface area contributed by atoms with Crippen molar-refractivity contribution >= 4 is 27.1 Å². The average molecular weight is 209 g/mol. The summed E-state index contributed by atoms with van der Waals surface area (Å²) in [6.07, 6.45) is 0. The van der Waals surface area contributed by atoms with Gasteiger partial charge in [0.2, 0.25) is 0 Å². The average Bonchev–Trinajstić information content (AvgIpc) is 2.51. The van der Waals surface area contributed by atoms with Gasteiger partial charge in [-0.1, -0.05) is 11.3 Å². The Balaban J connectivity index is 2.68. The van der Waals surface area contributed by atoms with Crippen molar-refractivity contribution in [2.75, 3.05) is 12.3 Å². The molecule has 2 aromatic rings. The fourth-order valence-electron chi connectivity index (χ4n) is 1.40. The second-order valence-electron chi connectivity index (χ2n) is 2.91. The van der Waals surface area contributed by atoms with E-state index in [1.165, 1.54) is 11.3 Å². The van der Waals surface area contributed by atoms with E-state index in [4.69, 9.17) is 10.5 Å². The van der Waals surface area contributed by atoms with Crippen LogP contribution in [-0.4, -0.2) is 11.7 Å². The summed E-state index contributed by atoms with van der Waals surface area (Å²) in [5.41, 5.74) is 6.39. The molecule has 1 heterocycles. The van der Waals surface area contributed by atoms with Crippen LogP contribution in [0.15, 0.2) is 18.2 Å². The van der Waals surface area contributed by atoms with E-state index >= 15 is 0 Å². The molecule has 0 bridgehead atoms. The Labute approximate surface area is 85.7 Å². The SMILES string of the molecule is CCOc1c(N)ccc2sc(O)cc12. The normalized spacial score (nSPS) is 10.6. The third-order valence-electron chi connectivity index (χ3n) is 1.96. The number of nitrogens with two attached hydrogens (primary N) is 1. The first-order valence-corrected chi connectivity index (χ1v) is 5.17. The van der Waals surface area contributed by atoms with Crippen molar-refractivity contribution in [2.24, 2.45) is 0 Å². The standard InChI is InChI=1S/C10H11NO2S/c1-2-13-10-6-5-9(12)14-8(6)4-3-7(10)11/h3-5,12H,2,11H2,1H3. The number of thiophene rings is 1. The molecule has 74 valence electrons. The lowest BCUT2D eigenvalue weighted by atomic mass is 10.2. The molecule has 0 radical (unpaired) electrons. The zero-order valence-corrected chi connectivity index (χ0v) is 8.60. The lowest BCUT2D eigenvalue weighted by molar-refractivity contribution is 0.346. The fraction of sp³-hybridized carbons (Fsp3) is 0.200. The van der Waals surface area contributed by atoms with Crippen molar-refractivity contribution in [3.8, 4) is 10.8 Å². The highest BCUT2D eigenvalue weighted by Gasteiger charge is 2.09. The number of anilines is 1. The molecule has 0 aliphatic rings. The highest BCUT2D eigenvalue weighted by atomic mass is 32.1. The molecule has 1 aromatic carbocycles. The summed E-state index contributed by atoms with van der Waals surface area (Å²) in [5.74, 6) is 0.668. The van der Waals surface area contributed by atoms with E-state index < -0.39 is 0 Å². The maximum atomic E-state index is 9.36. The van der Waals surface area contributed by atoms with E-state index in [-0.39, 0.29) is 5.06 Å². The van der Waals surface area contributed by atoms with Crippen LogP contribution in [0.2, 0.25) is 0 Å². The van der Waals surface area contributed by atoms with Gasteiger partial charge in [0.15, 0.2) is 10.8 Å². The minimum atomic E-state index is 0.284. The molecule has 3 nitrogen and oxygen atoms in total. The van der Waals surface area contributed by atoms with Crippen LogP contribution in [0.3, 0.4) is 0 Å². The van der Waals surface area contributed by atoms with Crippen LogP contribution in [0.5, 0.6) is 10.8 Å². The van der Waals surface area contributed by atoms with Crippen LogP contribution in [0, 0.1) is 0 Å². The van der Waals surface area contributed by atoms with Gasteiger partial charge >= 0.3 is 0 Å². The monoisotopic (exact) mass is 209 g/mol. The van der Waals surface area contributed by atoms with Crippen molar-refractivity contribution in [3.05, 3.63) is 18.2 Å². The molecule has 0 aliphatic heterocycles. The number of hydrogen-bond acceptors (Lipinski definition) is 4. The molecular formula is C10H11NO2S. The predicted octanol–water partition coefficient (Wildman–Crippen LogP) is 2.59. The molecule has 0 aliphatic carbocycles. The van der Waals surface area contributed by atoms with Gasteiger partial charge in [0.05, 0.1) is 12.3 Å². The van der Waals surface area contributed by atoms with E-state index in [2.05, 4.69) is 0 Å². The van der Waals surface area contributed by atoms with Gasteiger partial charge < -0.3 is 15.6 Å². The van der Waals surface area contributed by atoms with Gasteiger partial charge in [-0.3, -0.25) is 0 Å². The summed E-state index contributed by atoms with van der Waals surface area (Å²) in [4.78, 5) is 0. The zero-order chi connectivity index (χ0) is 10.1. The molecule has 0 spiro atoms. The molecule has 0 fully saturated rings. The second-order valence-corrected chi connectivity index (χ2v) is 3.98. The number of hydrogen-bond donors (Lipinski definition) is 2. The van der Waals surface area contributed by atoms with E-state index in [9.17, 15) is 5.11 Å². The van der Waals surface area contributed by atoms with Gasteiger partial charge in [-0.25, -0.2) is 0 Å². The quantitative estimate of drug-likeness (QED) is 0.747. The molecule has 2 rings (SSSR count). The Morgan fingerprint density at radius 2 is 2.29 bits per heavy atom. The van der Waals surface area contributed by atoms with Gasteiger partial charge in [-0.2, -0.15) is 0 Å². The molecular weight excluding hydrogens is 198 g/mol. The smallest absolute Gasteiger partial charge is 0.172 e. The van der Waals surface area contributed by atoms with Gasteiger partial charge in [0, 0.05) is 16.2 Å². The number of fused-ring (bicyclic) bond motifs is 1. The molecule has 0 atom stereocenters. The molecule has 3 N–H and O–H groups in total. The summed E-state index contributed by atoms with van der Waals surface area (Å²) < 4.78 is 6.42. The Hall–Kier alpha value is -1.42. The van der Waals surface area contributed by atoms with Crippen molar-refractivity contribution in [1.29, 1.82) is 0 Å². The number of benzene rings is 1. The minimum Gasteiger partial charge on any atom is -0.499 e. The minimum absolute atomic E-state index is 0.284. The molecule has 0 saturated heterocycles. The lowest BCUT2D eigenvalue weighted by Gasteiger charge is -2.07. The Morgan fingerprint density at radius 1 is 1.50 bits per heavy atom. The number of rotatable bonds is 2. The van der Waals surface area contributed by atoms with Crippen LogP contribution in [0.25, 0.3) is 10.1 Å². The van der Waals surface area contributed by atoms with Crippen LogP contribution in [0.4, 0.5) is 5.69 Å². The fourth-order valence-corrected chi connectivity index (χ4v) is 2.19. The Kier molecular flexibility index (Phi) is 2.21. The largest absolute Gasteiger partial charge is 0.499 e. The highest BCUT2D eigenvalue weighted by molar-refractivity contribution is 7.20. The van der Waals surface area contributed by atoms with E-state index in [0.29, 0.717) is 18.0 Å². The summed E-state index contributed by atoms with van der Waals surface area (Å²) in [7, 11) is 0. The van der Waals surface area contributed by atoms with E-state index in [0.717, 1.165) is 10.1 Å². The molecule has 1 aromatic heterocycles. The first kappa shape index (κ1) is 9.15. The van der Waals surface area contributed by atoms with Crippen molar-refractivity contribution in [1.82, 2.24) is 0 Å². The van der Waals surface area contributed by atoms with Gasteiger partial charge in [-0.05, 0) is 19.1 Å². The van der Waals surface area contributed by atoms with Crippen molar-refractivity contribution in [3.63, 3.8) is 0 Å². The molecule has 14 heavy (non-hydrogen) atoms. The van der Waals surface area contributed by atoms with Crippen molar-refractivity contribution < 1.29 is 9.84 Å². The van der Waals surface area contributed by atoms with Crippen LogP contribution in [0.1, 0.15) is 6.92 Å². The van der Waals surface area contributed by atoms with Crippen LogP contribution < -0.4 is 10.5 Å². The summed E-state index contributed by atoms with van der Waals surface area (Å²) >= 11 is 1.32. The third-order valence-corrected chi connectivity index (χ3v) is 2.86. The lowest BCUT2D eigenvalue weighted by Crippen LogP contribution is -1.96. The third kappa shape index (κ3) is 1.37. The predicted molar refractivity (Wildman–Crippen MR) is 59.1 cm³/mol. The highest BCUT2D eigenvalue weighted by Crippen LogP contribution is 2.39. The van der Waals surface area contributed by atoms with E-state index in [1.807, 2.05) is 13.0 Å². The maximum Gasteiger partial charge on any atom is 0.172 e.